The molecule has 1 heterocycles. The van der Waals surface area contributed by atoms with Gasteiger partial charge < -0.3 is 4.74 Å². The van der Waals surface area contributed by atoms with Crippen molar-refractivity contribution in [2.24, 2.45) is 7.05 Å². The van der Waals surface area contributed by atoms with Crippen molar-refractivity contribution in [1.82, 2.24) is 9.78 Å². The molecular formula is C17H16N2O2. The fourth-order valence-corrected chi connectivity index (χ4v) is 2.36. The van der Waals surface area contributed by atoms with E-state index in [0.717, 1.165) is 16.5 Å². The molecule has 0 bridgehead atoms. The Kier molecular flexibility index (Phi) is 3.44. The highest BCUT2D eigenvalue weighted by Gasteiger charge is 2.13. The van der Waals surface area contributed by atoms with E-state index in [9.17, 15) is 4.79 Å². The highest BCUT2D eigenvalue weighted by molar-refractivity contribution is 6.03. The third-order valence-electron chi connectivity index (χ3n) is 3.39. The van der Waals surface area contributed by atoms with Gasteiger partial charge in [0.2, 0.25) is 0 Å². The van der Waals surface area contributed by atoms with Crippen LogP contribution in [0.25, 0.3) is 10.8 Å². The Morgan fingerprint density at radius 3 is 2.71 bits per heavy atom. The number of rotatable bonds is 4. The Morgan fingerprint density at radius 1 is 1.19 bits per heavy atom. The van der Waals surface area contributed by atoms with Gasteiger partial charge in [0.05, 0.1) is 11.3 Å². The summed E-state index contributed by atoms with van der Waals surface area (Å²) in [4.78, 5) is 11.8. The molecule has 0 N–H and O–H groups in total. The van der Waals surface area contributed by atoms with Crippen molar-refractivity contribution in [3.05, 3.63) is 59.9 Å². The van der Waals surface area contributed by atoms with Gasteiger partial charge in [0.25, 0.3) is 0 Å². The van der Waals surface area contributed by atoms with E-state index in [-0.39, 0.29) is 5.78 Å². The number of Topliss-reactive ketones (excluding diaryl/α,β-unsaturated/α-hetero) is 1. The van der Waals surface area contributed by atoms with Crippen LogP contribution in [0.2, 0.25) is 0 Å². The smallest absolute Gasteiger partial charge is 0.163 e. The topological polar surface area (TPSA) is 44.1 Å². The van der Waals surface area contributed by atoms with Crippen LogP contribution in [0.4, 0.5) is 0 Å². The molecule has 3 rings (SSSR count). The first-order valence-corrected chi connectivity index (χ1v) is 6.79. The van der Waals surface area contributed by atoms with Gasteiger partial charge in [-0.25, -0.2) is 0 Å². The van der Waals surface area contributed by atoms with E-state index in [4.69, 9.17) is 4.74 Å². The molecule has 0 fully saturated rings. The summed E-state index contributed by atoms with van der Waals surface area (Å²) in [5, 5.41) is 6.29. The lowest BCUT2D eigenvalue weighted by molar-refractivity contribution is 0.101. The number of ketones is 1. The summed E-state index contributed by atoms with van der Waals surface area (Å²) in [7, 11) is 1.86. The number of nitrogens with zero attached hydrogens (tertiary/aromatic N) is 2. The van der Waals surface area contributed by atoms with Crippen molar-refractivity contribution < 1.29 is 9.53 Å². The van der Waals surface area contributed by atoms with E-state index in [1.165, 1.54) is 0 Å². The van der Waals surface area contributed by atoms with Gasteiger partial charge in [-0.15, -0.1) is 0 Å². The molecule has 0 unspecified atom stereocenters. The van der Waals surface area contributed by atoms with Gasteiger partial charge >= 0.3 is 0 Å². The van der Waals surface area contributed by atoms with Crippen LogP contribution in [0.3, 0.4) is 0 Å². The van der Waals surface area contributed by atoms with Crippen LogP contribution < -0.4 is 4.74 Å². The second-order valence-electron chi connectivity index (χ2n) is 4.99. The summed E-state index contributed by atoms with van der Waals surface area (Å²) < 4.78 is 7.64. The Labute approximate surface area is 123 Å². The zero-order chi connectivity index (χ0) is 14.8. The highest BCUT2D eigenvalue weighted by Crippen LogP contribution is 2.30. The minimum Gasteiger partial charge on any atom is -0.486 e. The zero-order valence-corrected chi connectivity index (χ0v) is 12.0. The van der Waals surface area contributed by atoms with Crippen LogP contribution in [0.5, 0.6) is 5.75 Å². The van der Waals surface area contributed by atoms with E-state index in [1.54, 1.807) is 11.6 Å². The van der Waals surface area contributed by atoms with E-state index in [1.807, 2.05) is 55.7 Å². The number of hydrogen-bond acceptors (Lipinski definition) is 3. The second kappa shape index (κ2) is 5.40. The van der Waals surface area contributed by atoms with Gasteiger partial charge in [0, 0.05) is 18.6 Å². The SMILES string of the molecule is CC(=O)c1ccc2ccccc2c1OCc1ccn(C)n1. The van der Waals surface area contributed by atoms with Crippen LogP contribution in [-0.2, 0) is 13.7 Å². The molecule has 0 amide bonds. The number of fused-ring (bicyclic) bond motifs is 1. The first kappa shape index (κ1) is 13.4. The molecule has 0 saturated heterocycles. The molecule has 2 aromatic carbocycles. The van der Waals surface area contributed by atoms with Gasteiger partial charge in [-0.05, 0) is 24.4 Å². The molecule has 1 aromatic heterocycles. The molecule has 0 aliphatic heterocycles. The molecule has 0 atom stereocenters. The van der Waals surface area contributed by atoms with Gasteiger partial charge in [0.1, 0.15) is 12.4 Å². The monoisotopic (exact) mass is 280 g/mol. The van der Waals surface area contributed by atoms with Crippen LogP contribution in [-0.4, -0.2) is 15.6 Å². The van der Waals surface area contributed by atoms with E-state index in [0.29, 0.717) is 17.9 Å². The molecule has 0 aliphatic carbocycles. The minimum atomic E-state index is -0.00299. The molecule has 0 saturated carbocycles. The predicted molar refractivity (Wildman–Crippen MR) is 81.5 cm³/mol. The van der Waals surface area contributed by atoms with Crippen molar-refractivity contribution in [2.45, 2.75) is 13.5 Å². The normalized spacial score (nSPS) is 10.8. The molecule has 3 aromatic rings. The number of ether oxygens (including phenoxy) is 1. The molecule has 0 aliphatic rings. The standard InChI is InChI=1S/C17H16N2O2/c1-12(20)15-8-7-13-5-3-4-6-16(13)17(15)21-11-14-9-10-19(2)18-14/h3-10H,11H2,1-2H3. The second-order valence-corrected chi connectivity index (χ2v) is 4.99. The number of hydrogen-bond donors (Lipinski definition) is 0. The van der Waals surface area contributed by atoms with Crippen molar-refractivity contribution in [3.8, 4) is 5.75 Å². The van der Waals surface area contributed by atoms with Gasteiger partial charge in [0.15, 0.2) is 5.78 Å². The summed E-state index contributed by atoms with van der Waals surface area (Å²) in [6, 6.07) is 13.6. The van der Waals surface area contributed by atoms with Crippen molar-refractivity contribution in [3.63, 3.8) is 0 Å². The van der Waals surface area contributed by atoms with E-state index in [2.05, 4.69) is 5.10 Å². The number of benzene rings is 2. The lowest BCUT2D eigenvalue weighted by Gasteiger charge is -2.12. The first-order valence-electron chi connectivity index (χ1n) is 6.79. The van der Waals surface area contributed by atoms with Crippen LogP contribution in [0, 0.1) is 0 Å². The molecule has 0 radical (unpaired) electrons. The Hall–Kier alpha value is -2.62. The van der Waals surface area contributed by atoms with Crippen molar-refractivity contribution >= 4 is 16.6 Å². The fraction of sp³-hybridized carbons (Fsp3) is 0.176. The average Bonchev–Trinajstić information content (AvgIpc) is 2.90. The van der Waals surface area contributed by atoms with Crippen molar-refractivity contribution in [1.29, 1.82) is 0 Å². The molecule has 4 nitrogen and oxygen atoms in total. The summed E-state index contributed by atoms with van der Waals surface area (Å²) in [6.07, 6.45) is 1.87. The maximum atomic E-state index is 11.8. The summed E-state index contributed by atoms with van der Waals surface area (Å²) >= 11 is 0. The Balaban J connectivity index is 2.01. The largest absolute Gasteiger partial charge is 0.486 e. The molecule has 106 valence electrons. The maximum absolute atomic E-state index is 11.8. The van der Waals surface area contributed by atoms with Gasteiger partial charge in [-0.2, -0.15) is 5.10 Å². The van der Waals surface area contributed by atoms with E-state index >= 15 is 0 Å². The van der Waals surface area contributed by atoms with Gasteiger partial charge in [-0.3, -0.25) is 9.48 Å². The Morgan fingerprint density at radius 2 is 2.00 bits per heavy atom. The van der Waals surface area contributed by atoms with Crippen molar-refractivity contribution in [2.75, 3.05) is 0 Å². The molecule has 0 spiro atoms. The van der Waals surface area contributed by atoms with Crippen LogP contribution >= 0.6 is 0 Å². The number of aryl methyl sites for hydroxylation is 1. The number of carbonyl (C=O) groups excluding carboxylic acids is 1. The number of carbonyl (C=O) groups is 1. The van der Waals surface area contributed by atoms with Crippen LogP contribution in [0.1, 0.15) is 23.0 Å². The third-order valence-corrected chi connectivity index (χ3v) is 3.39. The quantitative estimate of drug-likeness (QED) is 0.688. The fourth-order valence-electron chi connectivity index (χ4n) is 2.36. The minimum absolute atomic E-state index is 0.00299. The average molecular weight is 280 g/mol. The van der Waals surface area contributed by atoms with Crippen LogP contribution in [0.15, 0.2) is 48.7 Å². The maximum Gasteiger partial charge on any atom is 0.163 e. The Bertz CT molecular complexity index is 805. The molecule has 21 heavy (non-hydrogen) atoms. The summed E-state index contributed by atoms with van der Waals surface area (Å²) in [5.74, 6) is 0.628. The zero-order valence-electron chi connectivity index (χ0n) is 12.0. The number of aromatic nitrogens is 2. The summed E-state index contributed by atoms with van der Waals surface area (Å²) in [6.45, 7) is 1.90. The lowest BCUT2D eigenvalue weighted by Crippen LogP contribution is -2.03. The molecule has 4 heteroatoms. The third kappa shape index (κ3) is 2.65. The van der Waals surface area contributed by atoms with Gasteiger partial charge in [-0.1, -0.05) is 30.3 Å². The molecular weight excluding hydrogens is 264 g/mol. The van der Waals surface area contributed by atoms with E-state index < -0.39 is 0 Å². The lowest BCUT2D eigenvalue weighted by atomic mass is 10.0. The predicted octanol–water partition coefficient (Wildman–Crippen LogP) is 3.35. The summed E-state index contributed by atoms with van der Waals surface area (Å²) in [5.41, 5.74) is 1.43. The highest BCUT2D eigenvalue weighted by atomic mass is 16.5. The first-order chi connectivity index (χ1) is 10.1.